The Morgan fingerprint density at radius 3 is 2.88 bits per heavy atom. The van der Waals surface area contributed by atoms with Gasteiger partial charge in [-0.2, -0.15) is 0 Å². The van der Waals surface area contributed by atoms with E-state index in [2.05, 4.69) is 25.8 Å². The van der Waals surface area contributed by atoms with Gasteiger partial charge in [0.15, 0.2) is 0 Å². The van der Waals surface area contributed by atoms with E-state index >= 15 is 0 Å². The van der Waals surface area contributed by atoms with E-state index in [-0.39, 0.29) is 17.8 Å². The van der Waals surface area contributed by atoms with Crippen molar-refractivity contribution in [1.82, 2.24) is 25.8 Å². The molecule has 0 atom stereocenters. The fraction of sp³-hybridized carbons (Fsp3) is 0.700. The van der Waals surface area contributed by atoms with Gasteiger partial charge in [0.2, 0.25) is 5.82 Å². The van der Waals surface area contributed by atoms with Crippen LogP contribution in [0.3, 0.4) is 0 Å². The molecular weight excluding hydrogens is 206 g/mol. The highest BCUT2D eigenvalue weighted by Crippen LogP contribution is 2.03. The summed E-state index contributed by atoms with van der Waals surface area (Å²) < 4.78 is 0. The van der Waals surface area contributed by atoms with Crippen LogP contribution in [0.5, 0.6) is 0 Å². The molecule has 0 radical (unpaired) electrons. The average Bonchev–Trinajstić information content (AvgIpc) is 2.79. The molecule has 1 aliphatic rings. The number of H-pyrrole nitrogens is 1. The molecule has 1 fully saturated rings. The van der Waals surface area contributed by atoms with Gasteiger partial charge in [-0.25, -0.2) is 4.98 Å². The summed E-state index contributed by atoms with van der Waals surface area (Å²) in [5.41, 5.74) is 0. The van der Waals surface area contributed by atoms with Gasteiger partial charge in [0.05, 0.1) is 0 Å². The van der Waals surface area contributed by atoms with Gasteiger partial charge in [0.1, 0.15) is 5.82 Å². The van der Waals surface area contributed by atoms with Crippen molar-refractivity contribution in [3.05, 3.63) is 11.6 Å². The third-order valence-corrected chi connectivity index (χ3v) is 2.74. The number of hydrogen-bond acceptors (Lipinski definition) is 4. The monoisotopic (exact) mass is 223 g/mol. The molecule has 0 saturated carbocycles. The molecule has 6 heteroatoms. The first-order chi connectivity index (χ1) is 7.79. The summed E-state index contributed by atoms with van der Waals surface area (Å²) in [6.45, 7) is 3.88. The number of piperidine rings is 1. The number of amides is 1. The average molecular weight is 223 g/mol. The fourth-order valence-corrected chi connectivity index (χ4v) is 1.77. The third kappa shape index (κ3) is 2.57. The predicted octanol–water partition coefficient (Wildman–Crippen LogP) is -0.151. The zero-order valence-electron chi connectivity index (χ0n) is 9.42. The summed E-state index contributed by atoms with van der Waals surface area (Å²) >= 11 is 0. The lowest BCUT2D eigenvalue weighted by molar-refractivity contribution is 0.0919. The van der Waals surface area contributed by atoms with E-state index < -0.39 is 0 Å². The molecule has 1 aliphatic heterocycles. The number of aromatic nitrogens is 3. The van der Waals surface area contributed by atoms with Crippen LogP contribution in [-0.4, -0.2) is 40.2 Å². The highest BCUT2D eigenvalue weighted by atomic mass is 16.2. The van der Waals surface area contributed by atoms with Crippen molar-refractivity contribution >= 4 is 5.91 Å². The lowest BCUT2D eigenvalue weighted by Gasteiger charge is -2.22. The Morgan fingerprint density at radius 2 is 2.25 bits per heavy atom. The maximum absolute atomic E-state index is 11.8. The maximum atomic E-state index is 11.8. The van der Waals surface area contributed by atoms with Crippen LogP contribution in [0.2, 0.25) is 0 Å². The molecule has 0 spiro atoms. The van der Waals surface area contributed by atoms with Crippen LogP contribution in [0.1, 0.15) is 36.2 Å². The SMILES string of the molecule is CCc1nc(C(=O)NC2CCNCC2)n[nH]1. The summed E-state index contributed by atoms with van der Waals surface area (Å²) in [5.74, 6) is 0.814. The Hall–Kier alpha value is -1.43. The van der Waals surface area contributed by atoms with Crippen LogP contribution in [0.15, 0.2) is 0 Å². The zero-order valence-corrected chi connectivity index (χ0v) is 9.42. The summed E-state index contributed by atoms with van der Waals surface area (Å²) in [6.07, 6.45) is 2.70. The Bertz CT molecular complexity index is 356. The van der Waals surface area contributed by atoms with Crippen LogP contribution in [-0.2, 0) is 6.42 Å². The molecular formula is C10H17N5O. The number of hydrogen-bond donors (Lipinski definition) is 3. The van der Waals surface area contributed by atoms with E-state index in [1.54, 1.807) is 0 Å². The Labute approximate surface area is 94.2 Å². The number of rotatable bonds is 3. The Morgan fingerprint density at radius 1 is 1.50 bits per heavy atom. The van der Waals surface area contributed by atoms with Gasteiger partial charge in [0.25, 0.3) is 5.91 Å². The first-order valence-electron chi connectivity index (χ1n) is 5.72. The smallest absolute Gasteiger partial charge is 0.291 e. The molecule has 0 bridgehead atoms. The van der Waals surface area contributed by atoms with E-state index in [9.17, 15) is 4.79 Å². The van der Waals surface area contributed by atoms with Crippen LogP contribution in [0, 0.1) is 0 Å². The normalized spacial score (nSPS) is 17.3. The minimum absolute atomic E-state index is 0.178. The maximum Gasteiger partial charge on any atom is 0.291 e. The van der Waals surface area contributed by atoms with E-state index in [4.69, 9.17) is 0 Å². The molecule has 2 rings (SSSR count). The topological polar surface area (TPSA) is 82.7 Å². The largest absolute Gasteiger partial charge is 0.346 e. The molecule has 1 aromatic heterocycles. The first kappa shape index (κ1) is 11.1. The zero-order chi connectivity index (χ0) is 11.4. The molecule has 0 aliphatic carbocycles. The van der Waals surface area contributed by atoms with Crippen LogP contribution < -0.4 is 10.6 Å². The van der Waals surface area contributed by atoms with Gasteiger partial charge in [-0.15, -0.1) is 5.10 Å². The van der Waals surface area contributed by atoms with E-state index in [1.165, 1.54) is 0 Å². The molecule has 6 nitrogen and oxygen atoms in total. The quantitative estimate of drug-likeness (QED) is 0.665. The Balaban J connectivity index is 1.91. The lowest BCUT2D eigenvalue weighted by Crippen LogP contribution is -2.43. The van der Waals surface area contributed by atoms with Gasteiger partial charge in [-0.3, -0.25) is 9.89 Å². The number of carbonyl (C=O) groups excluding carboxylic acids is 1. The standard InChI is InChI=1S/C10H17N5O/c1-2-8-13-9(15-14-8)10(16)12-7-3-5-11-6-4-7/h7,11H,2-6H2,1H3,(H,12,16)(H,13,14,15). The first-order valence-corrected chi connectivity index (χ1v) is 5.72. The van der Waals surface area contributed by atoms with E-state index in [0.29, 0.717) is 0 Å². The molecule has 16 heavy (non-hydrogen) atoms. The number of carbonyl (C=O) groups is 1. The highest BCUT2D eigenvalue weighted by molar-refractivity contribution is 5.90. The molecule has 1 saturated heterocycles. The van der Waals surface area contributed by atoms with E-state index in [0.717, 1.165) is 38.2 Å². The minimum atomic E-state index is -0.178. The van der Waals surface area contributed by atoms with Crippen molar-refractivity contribution in [3.8, 4) is 0 Å². The van der Waals surface area contributed by atoms with Crippen molar-refractivity contribution in [3.63, 3.8) is 0 Å². The van der Waals surface area contributed by atoms with Crippen molar-refractivity contribution in [2.75, 3.05) is 13.1 Å². The van der Waals surface area contributed by atoms with Crippen LogP contribution in [0.25, 0.3) is 0 Å². The second-order valence-corrected chi connectivity index (χ2v) is 3.96. The molecule has 0 aromatic carbocycles. The molecule has 0 unspecified atom stereocenters. The minimum Gasteiger partial charge on any atom is -0.346 e. The van der Waals surface area contributed by atoms with Crippen molar-refractivity contribution < 1.29 is 4.79 Å². The van der Waals surface area contributed by atoms with Crippen molar-refractivity contribution in [2.45, 2.75) is 32.2 Å². The molecule has 88 valence electrons. The van der Waals surface area contributed by atoms with Gasteiger partial charge < -0.3 is 10.6 Å². The van der Waals surface area contributed by atoms with Crippen LogP contribution >= 0.6 is 0 Å². The van der Waals surface area contributed by atoms with Crippen LogP contribution in [0.4, 0.5) is 0 Å². The van der Waals surface area contributed by atoms with Gasteiger partial charge in [0, 0.05) is 12.5 Å². The molecule has 1 aromatic rings. The fourth-order valence-electron chi connectivity index (χ4n) is 1.77. The van der Waals surface area contributed by atoms with Gasteiger partial charge in [-0.05, 0) is 25.9 Å². The third-order valence-electron chi connectivity index (χ3n) is 2.74. The summed E-state index contributed by atoms with van der Waals surface area (Å²) in [6, 6.07) is 0.248. The number of nitrogens with one attached hydrogen (secondary N) is 3. The van der Waals surface area contributed by atoms with Crippen molar-refractivity contribution in [2.24, 2.45) is 0 Å². The molecule has 3 N–H and O–H groups in total. The van der Waals surface area contributed by atoms with Gasteiger partial charge in [-0.1, -0.05) is 6.92 Å². The second kappa shape index (κ2) is 5.07. The predicted molar refractivity (Wildman–Crippen MR) is 59.1 cm³/mol. The summed E-state index contributed by atoms with van der Waals surface area (Å²) in [7, 11) is 0. The number of nitrogens with zero attached hydrogens (tertiary/aromatic N) is 2. The number of aromatic amines is 1. The summed E-state index contributed by atoms with van der Waals surface area (Å²) in [5, 5.41) is 12.8. The van der Waals surface area contributed by atoms with Gasteiger partial charge >= 0.3 is 0 Å². The summed E-state index contributed by atoms with van der Waals surface area (Å²) in [4.78, 5) is 15.9. The lowest BCUT2D eigenvalue weighted by atomic mass is 10.1. The van der Waals surface area contributed by atoms with Crippen molar-refractivity contribution in [1.29, 1.82) is 0 Å². The molecule has 2 heterocycles. The molecule has 1 amide bonds. The number of aryl methyl sites for hydroxylation is 1. The second-order valence-electron chi connectivity index (χ2n) is 3.96. The highest BCUT2D eigenvalue weighted by Gasteiger charge is 2.18. The Kier molecular flexibility index (Phi) is 3.51. The van der Waals surface area contributed by atoms with E-state index in [1.807, 2.05) is 6.92 Å².